The smallest absolute Gasteiger partial charge is 0.335 e. The molecule has 2 heteroatoms. The summed E-state index contributed by atoms with van der Waals surface area (Å²) >= 11 is 0. The molecule has 0 saturated carbocycles. The van der Waals surface area contributed by atoms with Gasteiger partial charge in [-0.2, -0.15) is 0 Å². The molecule has 0 unspecified atom stereocenters. The van der Waals surface area contributed by atoms with Crippen LogP contribution in [0.1, 0.15) is 13.8 Å². The van der Waals surface area contributed by atoms with Crippen LogP contribution in [0.25, 0.3) is 0 Å². The van der Waals surface area contributed by atoms with E-state index in [0.717, 1.165) is 6.08 Å². The van der Waals surface area contributed by atoms with E-state index in [1.165, 1.54) is 0 Å². The first kappa shape index (κ1) is 7.95. The summed E-state index contributed by atoms with van der Waals surface area (Å²) < 4.78 is 4.65. The number of rotatable bonds is 2. The van der Waals surface area contributed by atoms with Gasteiger partial charge < -0.3 is 4.74 Å². The fraction of sp³-hybridized carbons (Fsp3) is 0.286. The van der Waals surface area contributed by atoms with E-state index in [9.17, 15) is 4.79 Å². The van der Waals surface area contributed by atoms with E-state index in [1.54, 1.807) is 19.9 Å². The minimum atomic E-state index is -0.411. The average Bonchev–Trinajstić information content (AvgIpc) is 1.87. The van der Waals surface area contributed by atoms with E-state index in [4.69, 9.17) is 0 Å². The molecule has 0 spiro atoms. The zero-order valence-electron chi connectivity index (χ0n) is 5.68. The van der Waals surface area contributed by atoms with E-state index in [0.29, 0.717) is 5.76 Å². The molecule has 0 saturated heterocycles. The minimum absolute atomic E-state index is 0.411. The summed E-state index contributed by atoms with van der Waals surface area (Å²) in [6.07, 6.45) is 2.84. The molecule has 0 radical (unpaired) electrons. The molecule has 0 fully saturated rings. The van der Waals surface area contributed by atoms with E-state index in [2.05, 4.69) is 11.3 Å². The van der Waals surface area contributed by atoms with Crippen molar-refractivity contribution in [3.8, 4) is 0 Å². The standard InChI is InChI=1S/C7H10O2/c1-4-6(3)9-7(8)5-2/h4-5H,2H2,1,3H3. The summed E-state index contributed by atoms with van der Waals surface area (Å²) in [5, 5.41) is 0. The lowest BCUT2D eigenvalue weighted by molar-refractivity contribution is -0.133. The molecule has 0 N–H and O–H groups in total. The van der Waals surface area contributed by atoms with E-state index < -0.39 is 5.97 Å². The lowest BCUT2D eigenvalue weighted by Crippen LogP contribution is -1.96. The van der Waals surface area contributed by atoms with Crippen LogP contribution in [0.5, 0.6) is 0 Å². The SMILES string of the molecule is C=CC(=O)OC(C)=CC. The maximum atomic E-state index is 10.4. The van der Waals surface area contributed by atoms with Crippen molar-refractivity contribution < 1.29 is 9.53 Å². The maximum absolute atomic E-state index is 10.4. The Bertz CT molecular complexity index is 145. The Balaban J connectivity index is 3.74. The number of hydrogen-bond donors (Lipinski definition) is 0. The topological polar surface area (TPSA) is 26.3 Å². The molecule has 0 bridgehead atoms. The first-order valence-electron chi connectivity index (χ1n) is 2.68. The van der Waals surface area contributed by atoms with Crippen LogP contribution < -0.4 is 0 Å². The molecule has 0 amide bonds. The molecule has 0 aliphatic rings. The Morgan fingerprint density at radius 3 is 2.56 bits per heavy atom. The molecule has 9 heavy (non-hydrogen) atoms. The van der Waals surface area contributed by atoms with Crippen molar-refractivity contribution in [2.45, 2.75) is 13.8 Å². The van der Waals surface area contributed by atoms with Gasteiger partial charge in [-0.05, 0) is 19.9 Å². The zero-order valence-corrected chi connectivity index (χ0v) is 5.68. The molecule has 0 heterocycles. The molecular weight excluding hydrogens is 116 g/mol. The molecule has 0 aliphatic heterocycles. The highest BCUT2D eigenvalue weighted by Gasteiger charge is 1.93. The molecular formula is C7H10O2. The highest BCUT2D eigenvalue weighted by atomic mass is 16.5. The highest BCUT2D eigenvalue weighted by Crippen LogP contribution is 1.94. The van der Waals surface area contributed by atoms with Gasteiger partial charge in [0, 0.05) is 6.08 Å². The summed E-state index contributed by atoms with van der Waals surface area (Å²) in [4.78, 5) is 10.4. The van der Waals surface area contributed by atoms with Gasteiger partial charge in [0.25, 0.3) is 0 Å². The minimum Gasteiger partial charge on any atom is -0.429 e. The summed E-state index contributed by atoms with van der Waals surface area (Å²) in [7, 11) is 0. The van der Waals surface area contributed by atoms with Gasteiger partial charge in [-0.15, -0.1) is 0 Å². The van der Waals surface area contributed by atoms with Crippen molar-refractivity contribution in [3.05, 3.63) is 24.5 Å². The van der Waals surface area contributed by atoms with E-state index >= 15 is 0 Å². The number of ether oxygens (including phenoxy) is 1. The van der Waals surface area contributed by atoms with Gasteiger partial charge in [-0.3, -0.25) is 0 Å². The average molecular weight is 126 g/mol. The van der Waals surface area contributed by atoms with Crippen LogP contribution >= 0.6 is 0 Å². The van der Waals surface area contributed by atoms with Crippen LogP contribution in [0.3, 0.4) is 0 Å². The first-order chi connectivity index (χ1) is 4.20. The maximum Gasteiger partial charge on any atom is 0.335 e. The van der Waals surface area contributed by atoms with Crippen LogP contribution in [0, 0.1) is 0 Å². The van der Waals surface area contributed by atoms with Gasteiger partial charge in [-0.25, -0.2) is 4.79 Å². The second kappa shape index (κ2) is 3.89. The van der Waals surface area contributed by atoms with Crippen LogP contribution in [-0.4, -0.2) is 5.97 Å². The lowest BCUT2D eigenvalue weighted by Gasteiger charge is -1.96. The Hall–Kier alpha value is -1.05. The third kappa shape index (κ3) is 3.53. The second-order valence-electron chi connectivity index (χ2n) is 1.52. The number of carbonyl (C=O) groups is 1. The predicted molar refractivity (Wildman–Crippen MR) is 35.7 cm³/mol. The van der Waals surface area contributed by atoms with Crippen molar-refractivity contribution in [1.29, 1.82) is 0 Å². The number of hydrogen-bond acceptors (Lipinski definition) is 2. The second-order valence-corrected chi connectivity index (χ2v) is 1.52. The summed E-state index contributed by atoms with van der Waals surface area (Å²) in [5.74, 6) is 0.186. The quantitative estimate of drug-likeness (QED) is 0.319. The number of esters is 1. The third-order valence-electron chi connectivity index (χ3n) is 0.835. The van der Waals surface area contributed by atoms with Crippen molar-refractivity contribution >= 4 is 5.97 Å². The van der Waals surface area contributed by atoms with Gasteiger partial charge in [0.15, 0.2) is 0 Å². The molecule has 50 valence electrons. The number of allylic oxidation sites excluding steroid dienone is 2. The van der Waals surface area contributed by atoms with Gasteiger partial charge in [-0.1, -0.05) is 6.58 Å². The van der Waals surface area contributed by atoms with Crippen molar-refractivity contribution in [3.63, 3.8) is 0 Å². The van der Waals surface area contributed by atoms with Gasteiger partial charge in [0.1, 0.15) is 5.76 Å². The molecule has 0 aromatic heterocycles. The molecule has 0 rings (SSSR count). The van der Waals surface area contributed by atoms with Crippen LogP contribution in [0.2, 0.25) is 0 Å². The summed E-state index contributed by atoms with van der Waals surface area (Å²) in [5.41, 5.74) is 0. The van der Waals surface area contributed by atoms with Gasteiger partial charge in [0.05, 0.1) is 0 Å². The van der Waals surface area contributed by atoms with Crippen molar-refractivity contribution in [1.82, 2.24) is 0 Å². The summed E-state index contributed by atoms with van der Waals surface area (Å²) in [6, 6.07) is 0. The molecule has 0 atom stereocenters. The largest absolute Gasteiger partial charge is 0.429 e. The fourth-order valence-electron chi connectivity index (χ4n) is 0.259. The number of carbonyl (C=O) groups excluding carboxylic acids is 1. The Kier molecular flexibility index (Phi) is 3.44. The van der Waals surface area contributed by atoms with Gasteiger partial charge in [0.2, 0.25) is 0 Å². The van der Waals surface area contributed by atoms with E-state index in [1.807, 2.05) is 0 Å². The highest BCUT2D eigenvalue weighted by molar-refractivity contribution is 5.81. The lowest BCUT2D eigenvalue weighted by atomic mass is 10.5. The Labute approximate surface area is 54.8 Å². The van der Waals surface area contributed by atoms with Crippen LogP contribution in [0.15, 0.2) is 24.5 Å². The Morgan fingerprint density at radius 1 is 1.67 bits per heavy atom. The molecule has 0 aliphatic carbocycles. The van der Waals surface area contributed by atoms with E-state index in [-0.39, 0.29) is 0 Å². The monoisotopic (exact) mass is 126 g/mol. The van der Waals surface area contributed by atoms with Crippen LogP contribution in [-0.2, 0) is 9.53 Å². The fourth-order valence-corrected chi connectivity index (χ4v) is 0.259. The zero-order chi connectivity index (χ0) is 7.28. The third-order valence-corrected chi connectivity index (χ3v) is 0.835. The normalized spacial score (nSPS) is 10.7. The molecule has 0 aromatic carbocycles. The molecule has 0 aromatic rings. The van der Waals surface area contributed by atoms with Crippen molar-refractivity contribution in [2.75, 3.05) is 0 Å². The van der Waals surface area contributed by atoms with Crippen LogP contribution in [0.4, 0.5) is 0 Å². The van der Waals surface area contributed by atoms with Gasteiger partial charge >= 0.3 is 5.97 Å². The predicted octanol–water partition coefficient (Wildman–Crippen LogP) is 1.64. The Morgan fingerprint density at radius 2 is 2.22 bits per heavy atom. The summed E-state index contributed by atoms with van der Waals surface area (Å²) in [6.45, 7) is 6.75. The molecule has 2 nitrogen and oxygen atoms in total. The van der Waals surface area contributed by atoms with Crippen molar-refractivity contribution in [2.24, 2.45) is 0 Å². The first-order valence-corrected chi connectivity index (χ1v) is 2.68.